The quantitative estimate of drug-likeness (QED) is 0.499. The van der Waals surface area contributed by atoms with Crippen molar-refractivity contribution in [3.63, 3.8) is 0 Å². The molecule has 0 radical (unpaired) electrons. The van der Waals surface area contributed by atoms with Crippen molar-refractivity contribution < 1.29 is 31.2 Å². The molecule has 0 atom stereocenters. The van der Waals surface area contributed by atoms with Crippen LogP contribution >= 0.6 is 0 Å². The molecule has 2 aromatic carbocycles. The van der Waals surface area contributed by atoms with E-state index in [1.54, 1.807) is 26.1 Å². The Bertz CT molecular complexity index is 1420. The van der Waals surface area contributed by atoms with Gasteiger partial charge < -0.3 is 4.90 Å². The standard InChI is InChI=1S/C23H20F3N3O4S/c1-14-4-9-18-15(10-11-27-19(18)12-14)13-28-21(31)29(20(30)22(28,2)3)16-5-7-17(8-6-16)34(32,33)23(24,25)26/h4-12H,13H2,1-3H3. The summed E-state index contributed by atoms with van der Waals surface area (Å²) in [7, 11) is -5.55. The molecule has 0 aliphatic carbocycles. The Hall–Kier alpha value is -3.47. The summed E-state index contributed by atoms with van der Waals surface area (Å²) >= 11 is 0. The molecule has 34 heavy (non-hydrogen) atoms. The van der Waals surface area contributed by atoms with E-state index in [1.165, 1.54) is 4.90 Å². The second-order valence-corrected chi connectivity index (χ2v) is 10.4. The Morgan fingerprint density at radius 2 is 1.65 bits per heavy atom. The molecule has 2 heterocycles. The highest BCUT2D eigenvalue weighted by molar-refractivity contribution is 7.92. The van der Waals surface area contributed by atoms with Gasteiger partial charge in [-0.3, -0.25) is 9.78 Å². The number of urea groups is 1. The van der Waals surface area contributed by atoms with Gasteiger partial charge in [0.05, 0.1) is 16.1 Å². The minimum Gasteiger partial charge on any atom is -0.305 e. The molecule has 4 rings (SSSR count). The fraction of sp³-hybridized carbons (Fsp3) is 0.261. The SMILES string of the molecule is Cc1ccc2c(CN3C(=O)N(c4ccc(S(=O)(=O)C(F)(F)F)cc4)C(=O)C3(C)C)ccnc2c1. The third kappa shape index (κ3) is 3.69. The summed E-state index contributed by atoms with van der Waals surface area (Å²) in [5, 5.41) is 0.823. The second-order valence-electron chi connectivity index (χ2n) is 8.50. The van der Waals surface area contributed by atoms with E-state index in [1.807, 2.05) is 25.1 Å². The lowest BCUT2D eigenvalue weighted by Crippen LogP contribution is -2.43. The van der Waals surface area contributed by atoms with Crippen LogP contribution in [-0.4, -0.2) is 41.3 Å². The summed E-state index contributed by atoms with van der Waals surface area (Å²) < 4.78 is 61.7. The molecule has 7 nitrogen and oxygen atoms in total. The van der Waals surface area contributed by atoms with E-state index < -0.39 is 37.7 Å². The molecule has 1 saturated heterocycles. The van der Waals surface area contributed by atoms with Gasteiger partial charge in [0.1, 0.15) is 5.54 Å². The number of carbonyl (C=O) groups excluding carboxylic acids is 2. The van der Waals surface area contributed by atoms with E-state index in [9.17, 15) is 31.2 Å². The van der Waals surface area contributed by atoms with Crippen molar-refractivity contribution >= 4 is 38.4 Å². The summed E-state index contributed by atoms with van der Waals surface area (Å²) in [5.74, 6) is -0.585. The number of benzene rings is 2. The maximum absolute atomic E-state index is 13.3. The van der Waals surface area contributed by atoms with Crippen molar-refractivity contribution in [2.45, 2.75) is 43.3 Å². The minimum atomic E-state index is -5.55. The lowest BCUT2D eigenvalue weighted by molar-refractivity contribution is -0.123. The fourth-order valence-electron chi connectivity index (χ4n) is 3.86. The molecule has 1 aliphatic heterocycles. The summed E-state index contributed by atoms with van der Waals surface area (Å²) in [5.41, 5.74) is -4.21. The van der Waals surface area contributed by atoms with Crippen LogP contribution in [0.15, 0.2) is 59.6 Å². The van der Waals surface area contributed by atoms with Gasteiger partial charge in [-0.05, 0) is 68.3 Å². The zero-order valence-corrected chi connectivity index (χ0v) is 19.2. The number of rotatable bonds is 4. The van der Waals surface area contributed by atoms with E-state index in [4.69, 9.17) is 0 Å². The van der Waals surface area contributed by atoms with E-state index in [2.05, 4.69) is 4.98 Å². The monoisotopic (exact) mass is 491 g/mol. The molecular weight excluding hydrogens is 471 g/mol. The molecule has 0 N–H and O–H groups in total. The molecule has 3 aromatic rings. The first kappa shape index (κ1) is 23.7. The molecule has 1 aromatic heterocycles. The first-order chi connectivity index (χ1) is 15.7. The average Bonchev–Trinajstić information content (AvgIpc) is 2.92. The number of carbonyl (C=O) groups is 2. The van der Waals surface area contributed by atoms with Gasteiger partial charge in [0, 0.05) is 18.1 Å². The van der Waals surface area contributed by atoms with Crippen LogP contribution in [0, 0.1) is 6.92 Å². The number of fused-ring (bicyclic) bond motifs is 1. The van der Waals surface area contributed by atoms with Crippen molar-refractivity contribution in [3.8, 4) is 0 Å². The van der Waals surface area contributed by atoms with Gasteiger partial charge >= 0.3 is 11.5 Å². The zero-order valence-electron chi connectivity index (χ0n) is 18.4. The Morgan fingerprint density at radius 1 is 1.00 bits per heavy atom. The van der Waals surface area contributed by atoms with E-state index in [0.717, 1.165) is 51.2 Å². The minimum absolute atomic E-state index is 0.0260. The molecule has 3 amide bonds. The number of amides is 3. The van der Waals surface area contributed by atoms with Crippen LogP contribution in [0.3, 0.4) is 0 Å². The van der Waals surface area contributed by atoms with E-state index in [0.29, 0.717) is 0 Å². The zero-order chi connectivity index (χ0) is 25.1. The number of halogens is 3. The molecule has 0 bridgehead atoms. The largest absolute Gasteiger partial charge is 0.501 e. The topological polar surface area (TPSA) is 87.7 Å². The smallest absolute Gasteiger partial charge is 0.305 e. The van der Waals surface area contributed by atoms with Crippen molar-refractivity contribution in [1.82, 2.24) is 9.88 Å². The highest BCUT2D eigenvalue weighted by Crippen LogP contribution is 2.36. The molecule has 178 valence electrons. The maximum atomic E-state index is 13.3. The summed E-state index contributed by atoms with van der Waals surface area (Å²) in [6.07, 6.45) is 1.62. The van der Waals surface area contributed by atoms with Gasteiger partial charge in [-0.1, -0.05) is 12.1 Å². The van der Waals surface area contributed by atoms with Crippen LogP contribution in [0.1, 0.15) is 25.0 Å². The van der Waals surface area contributed by atoms with Crippen molar-refractivity contribution in [2.24, 2.45) is 0 Å². The first-order valence-electron chi connectivity index (χ1n) is 10.2. The van der Waals surface area contributed by atoms with Crippen molar-refractivity contribution in [2.75, 3.05) is 4.90 Å². The molecule has 1 aliphatic rings. The third-order valence-corrected chi connectivity index (χ3v) is 7.35. The Kier molecular flexibility index (Phi) is 5.43. The molecule has 11 heteroatoms. The van der Waals surface area contributed by atoms with Crippen LogP contribution < -0.4 is 4.90 Å². The fourth-order valence-corrected chi connectivity index (χ4v) is 4.62. The molecule has 0 unspecified atom stereocenters. The predicted octanol–water partition coefficient (Wildman–Crippen LogP) is 4.58. The van der Waals surface area contributed by atoms with Crippen molar-refractivity contribution in [1.29, 1.82) is 0 Å². The third-order valence-electron chi connectivity index (χ3n) is 5.85. The second kappa shape index (κ2) is 7.79. The summed E-state index contributed by atoms with van der Waals surface area (Å²) in [6, 6.07) is 10.3. The lowest BCUT2D eigenvalue weighted by Gasteiger charge is -2.28. The Balaban J connectivity index is 1.68. The average molecular weight is 491 g/mol. The maximum Gasteiger partial charge on any atom is 0.501 e. The number of pyridine rings is 1. The number of hydrogen-bond acceptors (Lipinski definition) is 5. The number of sulfone groups is 1. The predicted molar refractivity (Wildman–Crippen MR) is 119 cm³/mol. The molecule has 1 fully saturated rings. The van der Waals surface area contributed by atoms with E-state index >= 15 is 0 Å². The van der Waals surface area contributed by atoms with E-state index in [-0.39, 0.29) is 12.2 Å². The van der Waals surface area contributed by atoms with Gasteiger partial charge in [0.2, 0.25) is 0 Å². The van der Waals surface area contributed by atoms with Crippen LogP contribution in [0.2, 0.25) is 0 Å². The van der Waals surface area contributed by atoms with Gasteiger partial charge in [-0.25, -0.2) is 18.1 Å². The van der Waals surface area contributed by atoms with Gasteiger partial charge in [0.25, 0.3) is 15.7 Å². The number of aryl methyl sites for hydroxylation is 1. The highest BCUT2D eigenvalue weighted by atomic mass is 32.2. The number of nitrogens with zero attached hydrogens (tertiary/aromatic N) is 3. The lowest BCUT2D eigenvalue weighted by atomic mass is 10.0. The normalized spacial score (nSPS) is 16.5. The van der Waals surface area contributed by atoms with Gasteiger partial charge in [-0.15, -0.1) is 0 Å². The number of imide groups is 1. The first-order valence-corrected chi connectivity index (χ1v) is 11.7. The Labute approximate surface area is 193 Å². The van der Waals surface area contributed by atoms with Crippen molar-refractivity contribution in [3.05, 3.63) is 65.9 Å². The summed E-state index contributed by atoms with van der Waals surface area (Å²) in [6.45, 7) is 5.17. The van der Waals surface area contributed by atoms with Crippen LogP contribution in [0.4, 0.5) is 23.7 Å². The van der Waals surface area contributed by atoms with Gasteiger partial charge in [-0.2, -0.15) is 13.2 Å². The van der Waals surface area contributed by atoms with Crippen LogP contribution in [-0.2, 0) is 21.2 Å². The molecule has 0 spiro atoms. The number of aromatic nitrogens is 1. The Morgan fingerprint density at radius 3 is 2.26 bits per heavy atom. The van der Waals surface area contributed by atoms with Crippen LogP contribution in [0.25, 0.3) is 10.9 Å². The van der Waals surface area contributed by atoms with Crippen LogP contribution in [0.5, 0.6) is 0 Å². The molecule has 0 saturated carbocycles. The number of alkyl halides is 3. The number of anilines is 1. The van der Waals surface area contributed by atoms with Gasteiger partial charge in [0.15, 0.2) is 0 Å². The number of hydrogen-bond donors (Lipinski definition) is 0. The highest BCUT2D eigenvalue weighted by Gasteiger charge is 2.52. The molecular formula is C23H20F3N3O4S. The summed E-state index contributed by atoms with van der Waals surface area (Å²) in [4.78, 5) is 32.0.